The van der Waals surface area contributed by atoms with Crippen molar-refractivity contribution in [1.29, 1.82) is 0 Å². The summed E-state index contributed by atoms with van der Waals surface area (Å²) in [6.07, 6.45) is 3.31. The van der Waals surface area contributed by atoms with E-state index in [2.05, 4.69) is 20.8 Å². The second-order valence-electron chi connectivity index (χ2n) is 4.94. The Kier molecular flexibility index (Phi) is 4.14. The number of ether oxygens (including phenoxy) is 1. The number of nitrogens with zero attached hydrogens (tertiary/aromatic N) is 1. The van der Waals surface area contributed by atoms with Crippen LogP contribution in [0, 0.1) is 0 Å². The lowest BCUT2D eigenvalue weighted by Gasteiger charge is -2.36. The highest BCUT2D eigenvalue weighted by atomic mass is 16.5. The van der Waals surface area contributed by atoms with Crippen molar-refractivity contribution >= 4 is 5.91 Å². The zero-order valence-corrected chi connectivity index (χ0v) is 10.4. The predicted molar refractivity (Wildman–Crippen MR) is 60.7 cm³/mol. The highest BCUT2D eigenvalue weighted by Gasteiger charge is 2.26. The number of likely N-dealkylation sites (tertiary alicyclic amines) is 1. The van der Waals surface area contributed by atoms with Crippen molar-refractivity contribution in [3.8, 4) is 0 Å². The molecule has 0 aliphatic carbocycles. The second kappa shape index (κ2) is 4.97. The van der Waals surface area contributed by atoms with Gasteiger partial charge in [-0.05, 0) is 33.1 Å². The van der Waals surface area contributed by atoms with E-state index < -0.39 is 0 Å². The molecule has 1 heterocycles. The molecule has 0 unspecified atom stereocenters. The zero-order valence-electron chi connectivity index (χ0n) is 10.4. The highest BCUT2D eigenvalue weighted by Crippen LogP contribution is 2.22. The van der Waals surface area contributed by atoms with Crippen molar-refractivity contribution < 1.29 is 9.53 Å². The summed E-state index contributed by atoms with van der Waals surface area (Å²) >= 11 is 0. The van der Waals surface area contributed by atoms with E-state index in [9.17, 15) is 4.79 Å². The maximum atomic E-state index is 11.1. The van der Waals surface area contributed by atoms with Gasteiger partial charge in [0.15, 0.2) is 0 Å². The molecule has 3 heteroatoms. The van der Waals surface area contributed by atoms with Crippen molar-refractivity contribution in [2.45, 2.75) is 58.7 Å². The van der Waals surface area contributed by atoms with Gasteiger partial charge in [-0.1, -0.05) is 6.92 Å². The molecule has 0 bridgehead atoms. The molecule has 0 aromatic carbocycles. The minimum Gasteiger partial charge on any atom is -0.372 e. The summed E-state index contributed by atoms with van der Waals surface area (Å²) in [5.41, 5.74) is -0.0247. The SMILES string of the molecule is CCC(C)(C)OC1CCN(C(C)=O)CC1. The molecule has 1 amide bonds. The molecule has 1 fully saturated rings. The average molecular weight is 213 g/mol. The monoisotopic (exact) mass is 213 g/mol. The Morgan fingerprint density at radius 3 is 2.33 bits per heavy atom. The van der Waals surface area contributed by atoms with Gasteiger partial charge in [0.25, 0.3) is 0 Å². The molecule has 1 aliphatic rings. The third-order valence-corrected chi connectivity index (χ3v) is 3.22. The van der Waals surface area contributed by atoms with Crippen LogP contribution in [0.3, 0.4) is 0 Å². The third kappa shape index (κ3) is 3.82. The number of amides is 1. The molecule has 0 spiro atoms. The van der Waals surface area contributed by atoms with E-state index in [4.69, 9.17) is 4.74 Å². The van der Waals surface area contributed by atoms with E-state index in [1.165, 1.54) is 0 Å². The van der Waals surface area contributed by atoms with Crippen LogP contribution in [0.4, 0.5) is 0 Å². The first kappa shape index (κ1) is 12.5. The molecule has 0 aromatic rings. The molecular formula is C12H23NO2. The Balaban J connectivity index is 2.35. The Bertz CT molecular complexity index is 218. The summed E-state index contributed by atoms with van der Waals surface area (Å²) in [6, 6.07) is 0. The normalized spacial score (nSPS) is 19.3. The van der Waals surface area contributed by atoms with Crippen LogP contribution in [0.15, 0.2) is 0 Å². The smallest absolute Gasteiger partial charge is 0.219 e. The molecule has 0 atom stereocenters. The van der Waals surface area contributed by atoms with Crippen LogP contribution in [0.5, 0.6) is 0 Å². The minimum absolute atomic E-state index is 0.0247. The summed E-state index contributed by atoms with van der Waals surface area (Å²) in [5, 5.41) is 0. The largest absolute Gasteiger partial charge is 0.372 e. The molecule has 1 aliphatic heterocycles. The van der Waals surface area contributed by atoms with Gasteiger partial charge in [0.2, 0.25) is 5.91 Å². The summed E-state index contributed by atoms with van der Waals surface area (Å²) in [7, 11) is 0. The van der Waals surface area contributed by atoms with E-state index in [1.807, 2.05) is 4.90 Å². The van der Waals surface area contributed by atoms with Gasteiger partial charge < -0.3 is 9.64 Å². The van der Waals surface area contributed by atoms with Gasteiger partial charge in [-0.25, -0.2) is 0 Å². The van der Waals surface area contributed by atoms with Crippen LogP contribution in [0.2, 0.25) is 0 Å². The van der Waals surface area contributed by atoms with E-state index in [-0.39, 0.29) is 11.5 Å². The van der Waals surface area contributed by atoms with Gasteiger partial charge in [-0.15, -0.1) is 0 Å². The van der Waals surface area contributed by atoms with Gasteiger partial charge in [-0.2, -0.15) is 0 Å². The molecule has 1 rings (SSSR count). The predicted octanol–water partition coefficient (Wildman–Crippen LogP) is 2.20. The summed E-state index contributed by atoms with van der Waals surface area (Å²) < 4.78 is 6.02. The molecule has 0 saturated carbocycles. The number of carbonyl (C=O) groups is 1. The van der Waals surface area contributed by atoms with Crippen molar-refractivity contribution in [3.63, 3.8) is 0 Å². The van der Waals surface area contributed by atoms with Gasteiger partial charge >= 0.3 is 0 Å². The van der Waals surface area contributed by atoms with E-state index in [0.717, 1.165) is 32.4 Å². The fraction of sp³-hybridized carbons (Fsp3) is 0.917. The molecule has 0 N–H and O–H groups in total. The van der Waals surface area contributed by atoms with Crippen molar-refractivity contribution in [3.05, 3.63) is 0 Å². The zero-order chi connectivity index (χ0) is 11.5. The number of piperidine rings is 1. The van der Waals surface area contributed by atoms with Crippen molar-refractivity contribution in [2.75, 3.05) is 13.1 Å². The topological polar surface area (TPSA) is 29.5 Å². The van der Waals surface area contributed by atoms with E-state index in [1.54, 1.807) is 6.92 Å². The van der Waals surface area contributed by atoms with Crippen LogP contribution in [0.25, 0.3) is 0 Å². The first-order valence-electron chi connectivity index (χ1n) is 5.88. The Hall–Kier alpha value is -0.570. The van der Waals surface area contributed by atoms with Crippen LogP contribution in [-0.2, 0) is 9.53 Å². The van der Waals surface area contributed by atoms with Gasteiger partial charge in [-0.3, -0.25) is 4.79 Å². The molecule has 3 nitrogen and oxygen atoms in total. The fourth-order valence-electron chi connectivity index (χ4n) is 1.82. The summed E-state index contributed by atoms with van der Waals surface area (Å²) in [6.45, 7) is 9.73. The molecule has 88 valence electrons. The Morgan fingerprint density at radius 2 is 1.93 bits per heavy atom. The lowest BCUT2D eigenvalue weighted by molar-refractivity contribution is -0.134. The van der Waals surface area contributed by atoms with Crippen LogP contribution >= 0.6 is 0 Å². The second-order valence-corrected chi connectivity index (χ2v) is 4.94. The number of rotatable bonds is 3. The standard InChI is InChI=1S/C12H23NO2/c1-5-12(3,4)15-11-6-8-13(9-7-11)10(2)14/h11H,5-9H2,1-4H3. The van der Waals surface area contributed by atoms with E-state index in [0.29, 0.717) is 6.10 Å². The van der Waals surface area contributed by atoms with Crippen molar-refractivity contribution in [1.82, 2.24) is 4.90 Å². The lowest BCUT2D eigenvalue weighted by atomic mass is 10.0. The lowest BCUT2D eigenvalue weighted by Crippen LogP contribution is -2.42. The fourth-order valence-corrected chi connectivity index (χ4v) is 1.82. The van der Waals surface area contributed by atoms with Crippen LogP contribution in [-0.4, -0.2) is 35.6 Å². The minimum atomic E-state index is -0.0247. The van der Waals surface area contributed by atoms with Crippen molar-refractivity contribution in [2.24, 2.45) is 0 Å². The van der Waals surface area contributed by atoms with Crippen LogP contribution < -0.4 is 0 Å². The molecule has 15 heavy (non-hydrogen) atoms. The summed E-state index contributed by atoms with van der Waals surface area (Å²) in [4.78, 5) is 13.0. The Labute approximate surface area is 92.8 Å². The maximum Gasteiger partial charge on any atom is 0.219 e. The highest BCUT2D eigenvalue weighted by molar-refractivity contribution is 5.73. The van der Waals surface area contributed by atoms with Gasteiger partial charge in [0.05, 0.1) is 11.7 Å². The average Bonchev–Trinajstić information content (AvgIpc) is 2.18. The molecule has 0 aromatic heterocycles. The van der Waals surface area contributed by atoms with Crippen LogP contribution in [0.1, 0.15) is 47.0 Å². The number of carbonyl (C=O) groups excluding carboxylic acids is 1. The first-order valence-corrected chi connectivity index (χ1v) is 5.88. The first-order chi connectivity index (χ1) is 6.94. The van der Waals surface area contributed by atoms with Gasteiger partial charge in [0.1, 0.15) is 0 Å². The maximum absolute atomic E-state index is 11.1. The Morgan fingerprint density at radius 1 is 1.40 bits per heavy atom. The number of hydrogen-bond donors (Lipinski definition) is 0. The molecule has 0 radical (unpaired) electrons. The molecular weight excluding hydrogens is 190 g/mol. The molecule has 1 saturated heterocycles. The quantitative estimate of drug-likeness (QED) is 0.719. The summed E-state index contributed by atoms with van der Waals surface area (Å²) in [5.74, 6) is 0.184. The third-order valence-electron chi connectivity index (χ3n) is 3.22. The number of hydrogen-bond acceptors (Lipinski definition) is 2. The van der Waals surface area contributed by atoms with Gasteiger partial charge in [0, 0.05) is 20.0 Å². The van der Waals surface area contributed by atoms with E-state index >= 15 is 0 Å².